The van der Waals surface area contributed by atoms with Crippen molar-refractivity contribution in [2.75, 3.05) is 0 Å². The second-order valence-corrected chi connectivity index (χ2v) is 12.1. The lowest BCUT2D eigenvalue weighted by Gasteiger charge is -2.17. The number of nitrogens with zero attached hydrogens (tertiary/aromatic N) is 3. The molecular formula is C49H31N3. The van der Waals surface area contributed by atoms with Crippen molar-refractivity contribution < 1.29 is 19.2 Å². The van der Waals surface area contributed by atoms with Gasteiger partial charge in [-0.15, -0.1) is 0 Å². The van der Waals surface area contributed by atoms with Crippen LogP contribution in [0.5, 0.6) is 0 Å². The molecule has 10 aromatic rings. The van der Waals surface area contributed by atoms with Gasteiger partial charge in [0.15, 0.2) is 17.5 Å². The smallest absolute Gasteiger partial charge is 0.164 e. The van der Waals surface area contributed by atoms with Crippen molar-refractivity contribution in [2.45, 2.75) is 0 Å². The lowest BCUT2D eigenvalue weighted by atomic mass is 9.87. The molecule has 52 heavy (non-hydrogen) atoms. The minimum absolute atomic E-state index is 0.0788. The fraction of sp³-hybridized carbons (Fsp3) is 0. The fourth-order valence-corrected chi connectivity index (χ4v) is 6.83. The van der Waals surface area contributed by atoms with E-state index in [2.05, 4.69) is 47.4 Å². The maximum atomic E-state index is 9.22. The predicted molar refractivity (Wildman–Crippen MR) is 217 cm³/mol. The van der Waals surface area contributed by atoms with Gasteiger partial charge in [-0.05, 0) is 77.5 Å². The van der Waals surface area contributed by atoms with E-state index in [9.17, 15) is 2.74 Å². The molecule has 0 bridgehead atoms. The Morgan fingerprint density at radius 2 is 0.827 bits per heavy atom. The van der Waals surface area contributed by atoms with E-state index in [1.807, 2.05) is 54.6 Å². The molecule has 0 radical (unpaired) electrons. The summed E-state index contributed by atoms with van der Waals surface area (Å²) in [7, 11) is 0. The van der Waals surface area contributed by atoms with Crippen LogP contribution in [-0.2, 0) is 0 Å². The first-order valence-corrected chi connectivity index (χ1v) is 16.5. The molecule has 0 saturated carbocycles. The molecule has 10 rings (SSSR count). The Bertz CT molecular complexity index is 3690. The van der Waals surface area contributed by atoms with Crippen LogP contribution in [0.2, 0.25) is 0 Å². The van der Waals surface area contributed by atoms with Crippen molar-refractivity contribution in [3.63, 3.8) is 0 Å². The monoisotopic (exact) mass is 675 g/mol. The summed E-state index contributed by atoms with van der Waals surface area (Å²) < 4.78 is 121. The first kappa shape index (κ1) is 18.9. The van der Waals surface area contributed by atoms with Gasteiger partial charge in [0.2, 0.25) is 0 Å². The summed E-state index contributed by atoms with van der Waals surface area (Å²) in [5, 5.41) is 7.77. The zero-order valence-electron chi connectivity index (χ0n) is 41.2. The zero-order chi connectivity index (χ0) is 46.6. The second kappa shape index (κ2) is 12.4. The largest absolute Gasteiger partial charge is 0.208 e. The van der Waals surface area contributed by atoms with E-state index in [-0.39, 0.29) is 5.82 Å². The molecule has 0 aliphatic rings. The van der Waals surface area contributed by atoms with Gasteiger partial charge >= 0.3 is 0 Å². The van der Waals surface area contributed by atoms with Crippen molar-refractivity contribution in [1.29, 1.82) is 0 Å². The summed E-state index contributed by atoms with van der Waals surface area (Å²) >= 11 is 0. The van der Waals surface area contributed by atoms with Crippen molar-refractivity contribution >= 4 is 43.1 Å². The SMILES string of the molecule is [2H]c1c([2H])c([2H])c(-c2nc(-c3c([2H])c([2H])c(-c4c([2H])c([2H])c([2H])c([2H])c4[2H])c([2H])c3[2H])nc(-c3ccc(-c4c5ccccc5cc5c4ccc4ccccc45)c4ccccc34)n2)c([2H])c1[2H]. The van der Waals surface area contributed by atoms with E-state index in [1.165, 1.54) is 0 Å². The van der Waals surface area contributed by atoms with E-state index in [0.717, 1.165) is 48.8 Å². The predicted octanol–water partition coefficient (Wildman–Crippen LogP) is 12.8. The summed E-state index contributed by atoms with van der Waals surface area (Å²) in [6.07, 6.45) is 0. The lowest BCUT2D eigenvalue weighted by Crippen LogP contribution is -2.01. The molecule has 0 atom stereocenters. The van der Waals surface area contributed by atoms with Gasteiger partial charge in [-0.2, -0.15) is 0 Å². The van der Waals surface area contributed by atoms with E-state index >= 15 is 0 Å². The van der Waals surface area contributed by atoms with Crippen molar-refractivity contribution in [1.82, 2.24) is 15.0 Å². The van der Waals surface area contributed by atoms with Crippen LogP contribution in [0.3, 0.4) is 0 Å². The molecule has 1 heterocycles. The number of benzene rings is 9. The number of hydrogen-bond acceptors (Lipinski definition) is 3. The van der Waals surface area contributed by atoms with Crippen molar-refractivity contribution in [2.24, 2.45) is 0 Å². The highest BCUT2D eigenvalue weighted by Crippen LogP contribution is 2.43. The summed E-state index contributed by atoms with van der Waals surface area (Å²) in [6.45, 7) is 0. The van der Waals surface area contributed by atoms with Gasteiger partial charge in [0.05, 0.1) is 19.2 Å². The molecule has 0 aliphatic heterocycles. The van der Waals surface area contributed by atoms with Crippen molar-refractivity contribution in [3.8, 4) is 56.4 Å². The number of hydrogen-bond donors (Lipinski definition) is 0. The molecule has 3 nitrogen and oxygen atoms in total. The highest BCUT2D eigenvalue weighted by Gasteiger charge is 2.19. The van der Waals surface area contributed by atoms with Crippen LogP contribution >= 0.6 is 0 Å². The maximum Gasteiger partial charge on any atom is 0.164 e. The van der Waals surface area contributed by atoms with Gasteiger partial charge in [0.25, 0.3) is 0 Å². The summed E-state index contributed by atoms with van der Waals surface area (Å²) in [5.41, 5.74) is 0.347. The van der Waals surface area contributed by atoms with Gasteiger partial charge in [-0.3, -0.25) is 0 Å². The standard InChI is InChI=1S/C49H31N3/c1-3-13-32(14-4-1)33-23-25-36(26-24-33)48-50-47(35-16-5-2-6-17-35)51-49(52-48)44-30-29-42(40-21-11-12-22-41(40)44)46-39-20-10-8-18-37(39)31-45-38-19-9-7-15-34(38)27-28-43(45)46/h1-31H/i1D,2D,3D,4D,5D,6D,13D,14D,16D,17D,23D,24D,25D,26D. The number of rotatable bonds is 5. The van der Waals surface area contributed by atoms with E-state index in [4.69, 9.17) is 26.4 Å². The van der Waals surface area contributed by atoms with Gasteiger partial charge in [0, 0.05) is 16.7 Å². The topological polar surface area (TPSA) is 38.7 Å². The molecule has 242 valence electrons. The second-order valence-electron chi connectivity index (χ2n) is 12.1. The number of fused-ring (bicyclic) bond motifs is 5. The molecule has 0 spiro atoms. The van der Waals surface area contributed by atoms with Crippen LogP contribution in [0, 0.1) is 0 Å². The van der Waals surface area contributed by atoms with Gasteiger partial charge in [-0.25, -0.2) is 15.0 Å². The summed E-state index contributed by atoms with van der Waals surface area (Å²) in [6, 6.07) is 24.3. The molecule has 1 aromatic heterocycles. The lowest BCUT2D eigenvalue weighted by molar-refractivity contribution is 1.08. The quantitative estimate of drug-likeness (QED) is 0.135. The Kier molecular flexibility index (Phi) is 4.50. The Morgan fingerprint density at radius 3 is 1.54 bits per heavy atom. The van der Waals surface area contributed by atoms with Crippen molar-refractivity contribution in [3.05, 3.63) is 188 Å². The number of aromatic nitrogens is 3. The van der Waals surface area contributed by atoms with Gasteiger partial charge < -0.3 is 0 Å². The van der Waals surface area contributed by atoms with Crippen LogP contribution in [0.4, 0.5) is 0 Å². The summed E-state index contributed by atoms with van der Waals surface area (Å²) in [4.78, 5) is 14.0. The molecule has 0 amide bonds. The molecule has 0 aliphatic carbocycles. The van der Waals surface area contributed by atoms with E-state index < -0.39 is 118 Å². The molecule has 0 fully saturated rings. The molecule has 0 unspecified atom stereocenters. The maximum absolute atomic E-state index is 9.22. The third-order valence-corrected chi connectivity index (χ3v) is 9.16. The molecule has 0 saturated heterocycles. The average molecular weight is 676 g/mol. The molecule has 3 heteroatoms. The molecule has 9 aromatic carbocycles. The molecular weight excluding hydrogens is 631 g/mol. The minimum atomic E-state index is -0.749. The average Bonchev–Trinajstić information content (AvgIpc) is 3.33. The van der Waals surface area contributed by atoms with Crippen LogP contribution < -0.4 is 0 Å². The Balaban J connectivity index is 1.27. The molecule has 0 N–H and O–H groups in total. The first-order chi connectivity index (χ1) is 31.6. The minimum Gasteiger partial charge on any atom is -0.208 e. The van der Waals surface area contributed by atoms with Gasteiger partial charge in [-0.1, -0.05) is 176 Å². The van der Waals surface area contributed by atoms with E-state index in [1.54, 1.807) is 6.07 Å². The fourth-order valence-electron chi connectivity index (χ4n) is 6.83. The first-order valence-electron chi connectivity index (χ1n) is 23.5. The van der Waals surface area contributed by atoms with Crippen LogP contribution in [0.25, 0.3) is 99.5 Å². The highest BCUT2D eigenvalue weighted by atomic mass is 15.0. The zero-order valence-corrected chi connectivity index (χ0v) is 27.2. The Hall–Kier alpha value is -6.97. The van der Waals surface area contributed by atoms with E-state index in [0.29, 0.717) is 10.9 Å². The summed E-state index contributed by atoms with van der Waals surface area (Å²) in [5.74, 6) is -0.921. The van der Waals surface area contributed by atoms with Crippen LogP contribution in [-0.4, -0.2) is 15.0 Å². The van der Waals surface area contributed by atoms with Crippen LogP contribution in [0.15, 0.2) is 188 Å². The van der Waals surface area contributed by atoms with Gasteiger partial charge in [0.1, 0.15) is 0 Å². The normalized spacial score (nSPS) is 15.2. The third-order valence-electron chi connectivity index (χ3n) is 9.16. The Morgan fingerprint density at radius 1 is 0.327 bits per heavy atom. The Labute approximate surface area is 321 Å². The van der Waals surface area contributed by atoms with Crippen LogP contribution in [0.1, 0.15) is 19.2 Å². The highest BCUT2D eigenvalue weighted by molar-refractivity contribution is 6.22. The third kappa shape index (κ3) is 5.10.